The predicted octanol–water partition coefficient (Wildman–Crippen LogP) is 3.76. The molecule has 2 unspecified atom stereocenters. The molecule has 1 fully saturated rings. The number of hydrogen-bond donors (Lipinski definition) is 2. The fourth-order valence-corrected chi connectivity index (χ4v) is 4.46. The van der Waals surface area contributed by atoms with Crippen LogP contribution in [0.1, 0.15) is 56.2 Å². The van der Waals surface area contributed by atoms with Crippen molar-refractivity contribution >= 4 is 34.9 Å². The molecule has 2 N–H and O–H groups in total. The van der Waals surface area contributed by atoms with Gasteiger partial charge in [-0.3, -0.25) is 0 Å². The Morgan fingerprint density at radius 2 is 2.10 bits per heavy atom. The zero-order valence-electron chi connectivity index (χ0n) is 18.6. The van der Waals surface area contributed by atoms with Crippen molar-refractivity contribution in [3.63, 3.8) is 0 Å². The SMILES string of the molecule is CNC(=O)N(CC=O)CCCCCS(=O)NC(C)c1cc(Cl)c(C)c(OCC2CC2)c1. The topological polar surface area (TPSA) is 87.7 Å². The first kappa shape index (κ1) is 25.6. The second-order valence-corrected chi connectivity index (χ2v) is 9.74. The van der Waals surface area contributed by atoms with Crippen molar-refractivity contribution in [1.82, 2.24) is 14.9 Å². The number of carbonyl (C=O) groups is 2. The van der Waals surface area contributed by atoms with Crippen LogP contribution in [0.5, 0.6) is 5.75 Å². The standard InChI is InChI=1S/C22H34ClN3O4S/c1-16-20(23)13-19(14-21(16)30-15-18-7-8-18)17(2)25-31(29)12-6-4-5-9-26(10-11-27)22(28)24-3/h11,13-14,17-18,25H,4-10,12,15H2,1-3H3,(H,24,28). The summed E-state index contributed by atoms with van der Waals surface area (Å²) >= 11 is 6.39. The average Bonchev–Trinajstić information content (AvgIpc) is 3.57. The highest BCUT2D eigenvalue weighted by atomic mass is 35.5. The van der Waals surface area contributed by atoms with E-state index in [-0.39, 0.29) is 18.6 Å². The van der Waals surface area contributed by atoms with Crippen LogP contribution in [0.3, 0.4) is 0 Å². The van der Waals surface area contributed by atoms with Gasteiger partial charge in [0, 0.05) is 36.0 Å². The summed E-state index contributed by atoms with van der Waals surface area (Å²) in [6.45, 7) is 5.21. The van der Waals surface area contributed by atoms with Crippen LogP contribution < -0.4 is 14.8 Å². The number of hydrogen-bond acceptors (Lipinski definition) is 4. The number of urea groups is 1. The Balaban J connectivity index is 1.76. The maximum Gasteiger partial charge on any atom is 0.317 e. The van der Waals surface area contributed by atoms with Crippen LogP contribution in [0.4, 0.5) is 4.79 Å². The fourth-order valence-electron chi connectivity index (χ4n) is 3.13. The average molecular weight is 472 g/mol. The van der Waals surface area contributed by atoms with E-state index in [0.29, 0.717) is 23.2 Å². The van der Waals surface area contributed by atoms with Gasteiger partial charge in [-0.25, -0.2) is 13.7 Å². The molecule has 9 heteroatoms. The van der Waals surface area contributed by atoms with Crippen molar-refractivity contribution in [2.24, 2.45) is 5.92 Å². The quantitative estimate of drug-likeness (QED) is 0.319. The van der Waals surface area contributed by atoms with Gasteiger partial charge in [-0.1, -0.05) is 18.0 Å². The first-order valence-electron chi connectivity index (χ1n) is 10.8. The van der Waals surface area contributed by atoms with Crippen LogP contribution in [0.25, 0.3) is 0 Å². The molecule has 0 saturated heterocycles. The van der Waals surface area contributed by atoms with E-state index in [4.69, 9.17) is 16.3 Å². The van der Waals surface area contributed by atoms with Gasteiger partial charge in [-0.05, 0) is 63.1 Å². The highest BCUT2D eigenvalue weighted by Gasteiger charge is 2.23. The molecule has 0 radical (unpaired) electrons. The lowest BCUT2D eigenvalue weighted by Crippen LogP contribution is -2.39. The molecule has 2 atom stereocenters. The molecule has 0 heterocycles. The number of ether oxygens (including phenoxy) is 1. The van der Waals surface area contributed by atoms with Crippen molar-refractivity contribution in [3.8, 4) is 5.75 Å². The lowest BCUT2D eigenvalue weighted by atomic mass is 10.1. The number of aldehydes is 1. The first-order valence-corrected chi connectivity index (χ1v) is 12.5. The minimum Gasteiger partial charge on any atom is -0.493 e. The molecule has 1 saturated carbocycles. The Morgan fingerprint density at radius 1 is 1.35 bits per heavy atom. The van der Waals surface area contributed by atoms with E-state index in [2.05, 4.69) is 10.0 Å². The number of benzene rings is 1. The van der Waals surface area contributed by atoms with Gasteiger partial charge in [0.1, 0.15) is 12.0 Å². The molecule has 7 nitrogen and oxygen atoms in total. The second-order valence-electron chi connectivity index (χ2n) is 8.00. The highest BCUT2D eigenvalue weighted by molar-refractivity contribution is 7.83. The van der Waals surface area contributed by atoms with Gasteiger partial charge in [0.05, 0.1) is 24.1 Å². The van der Waals surface area contributed by atoms with Crippen molar-refractivity contribution in [1.29, 1.82) is 0 Å². The second kappa shape index (κ2) is 13.0. The van der Waals surface area contributed by atoms with Gasteiger partial charge in [0.2, 0.25) is 0 Å². The van der Waals surface area contributed by atoms with E-state index in [1.165, 1.54) is 17.7 Å². The van der Waals surface area contributed by atoms with Crippen molar-refractivity contribution in [2.75, 3.05) is 32.5 Å². The summed E-state index contributed by atoms with van der Waals surface area (Å²) in [6, 6.07) is 3.50. The van der Waals surface area contributed by atoms with Crippen LogP contribution in [0.15, 0.2) is 12.1 Å². The molecule has 31 heavy (non-hydrogen) atoms. The van der Waals surface area contributed by atoms with E-state index in [9.17, 15) is 13.8 Å². The van der Waals surface area contributed by atoms with Gasteiger partial charge in [0.15, 0.2) is 0 Å². The van der Waals surface area contributed by atoms with Crippen LogP contribution in [0.2, 0.25) is 5.02 Å². The molecule has 174 valence electrons. The normalized spacial score (nSPS) is 15.2. The van der Waals surface area contributed by atoms with E-state index in [0.717, 1.165) is 49.0 Å². The Kier molecular flexibility index (Phi) is 10.8. The molecule has 2 amide bonds. The van der Waals surface area contributed by atoms with E-state index >= 15 is 0 Å². The molecule has 1 aromatic rings. The minimum atomic E-state index is -1.18. The third kappa shape index (κ3) is 8.79. The Bertz CT molecular complexity index is 773. The van der Waals surface area contributed by atoms with Crippen molar-refractivity contribution in [3.05, 3.63) is 28.3 Å². The minimum absolute atomic E-state index is 0.0795. The number of amides is 2. The largest absolute Gasteiger partial charge is 0.493 e. The van der Waals surface area contributed by atoms with E-state index in [1.807, 2.05) is 26.0 Å². The summed E-state index contributed by atoms with van der Waals surface area (Å²) in [7, 11) is 0.360. The number of nitrogens with zero attached hydrogens (tertiary/aromatic N) is 1. The zero-order valence-corrected chi connectivity index (χ0v) is 20.2. The molecule has 0 bridgehead atoms. The molecule has 1 aromatic carbocycles. The molecule has 1 aliphatic carbocycles. The summed E-state index contributed by atoms with van der Waals surface area (Å²) in [4.78, 5) is 23.8. The van der Waals surface area contributed by atoms with Crippen LogP contribution >= 0.6 is 11.6 Å². The highest BCUT2D eigenvalue weighted by Crippen LogP contribution is 2.34. The van der Waals surface area contributed by atoms with Crippen molar-refractivity contribution in [2.45, 2.75) is 52.0 Å². The maximum absolute atomic E-state index is 12.5. The zero-order chi connectivity index (χ0) is 22.8. The van der Waals surface area contributed by atoms with Crippen LogP contribution in [0, 0.1) is 12.8 Å². The van der Waals surface area contributed by atoms with Gasteiger partial charge >= 0.3 is 6.03 Å². The monoisotopic (exact) mass is 471 g/mol. The summed E-state index contributed by atoms with van der Waals surface area (Å²) in [5, 5.41) is 3.18. The maximum atomic E-state index is 12.5. The predicted molar refractivity (Wildman–Crippen MR) is 125 cm³/mol. The fraction of sp³-hybridized carbons (Fsp3) is 0.636. The van der Waals surface area contributed by atoms with Crippen LogP contribution in [-0.2, 0) is 15.8 Å². The number of unbranched alkanes of at least 4 members (excludes halogenated alkanes) is 2. The smallest absolute Gasteiger partial charge is 0.317 e. The number of rotatable bonds is 14. The van der Waals surface area contributed by atoms with Gasteiger partial charge in [0.25, 0.3) is 0 Å². The molecular formula is C22H34ClN3O4S. The van der Waals surface area contributed by atoms with E-state index < -0.39 is 11.0 Å². The van der Waals surface area contributed by atoms with E-state index in [1.54, 1.807) is 7.05 Å². The summed E-state index contributed by atoms with van der Waals surface area (Å²) in [5.74, 6) is 1.97. The molecule has 0 aromatic heterocycles. The number of carbonyl (C=O) groups excluding carboxylic acids is 2. The molecule has 0 aliphatic heterocycles. The van der Waals surface area contributed by atoms with Crippen LogP contribution in [-0.4, -0.2) is 53.9 Å². The third-order valence-corrected chi connectivity index (χ3v) is 7.02. The van der Waals surface area contributed by atoms with Gasteiger partial charge in [-0.15, -0.1) is 0 Å². The summed E-state index contributed by atoms with van der Waals surface area (Å²) < 4.78 is 21.5. The Morgan fingerprint density at radius 3 is 2.74 bits per heavy atom. The number of halogens is 1. The summed E-state index contributed by atoms with van der Waals surface area (Å²) in [6.07, 6.45) is 5.51. The lowest BCUT2D eigenvalue weighted by molar-refractivity contribution is -0.108. The Labute approximate surface area is 192 Å². The summed E-state index contributed by atoms with van der Waals surface area (Å²) in [5.41, 5.74) is 1.88. The molecule has 2 rings (SSSR count). The number of nitrogens with one attached hydrogen (secondary N) is 2. The Hall–Kier alpha value is -1.64. The lowest BCUT2D eigenvalue weighted by Gasteiger charge is -2.19. The molecular weight excluding hydrogens is 438 g/mol. The third-order valence-electron chi connectivity index (χ3n) is 5.35. The first-order chi connectivity index (χ1) is 14.8. The van der Waals surface area contributed by atoms with Gasteiger partial charge in [-0.2, -0.15) is 0 Å². The molecule has 1 aliphatic rings. The van der Waals surface area contributed by atoms with Crippen molar-refractivity contribution < 1.29 is 18.5 Å². The molecule has 0 spiro atoms. The van der Waals surface area contributed by atoms with Gasteiger partial charge < -0.3 is 19.7 Å².